The molecule has 0 aliphatic rings. The Labute approximate surface area is 181 Å². The highest BCUT2D eigenvalue weighted by Crippen LogP contribution is 2.26. The van der Waals surface area contributed by atoms with Crippen molar-refractivity contribution >= 4 is 5.96 Å². The molecule has 0 radical (unpaired) electrons. The van der Waals surface area contributed by atoms with E-state index >= 15 is 0 Å². The molecule has 1 heterocycles. The summed E-state index contributed by atoms with van der Waals surface area (Å²) >= 11 is 0. The largest absolute Gasteiger partial charge is 0.497 e. The van der Waals surface area contributed by atoms with Crippen molar-refractivity contribution in [1.82, 2.24) is 15.2 Å². The Kier molecular flexibility index (Phi) is 9.80. The molecule has 1 aromatic heterocycles. The van der Waals surface area contributed by atoms with E-state index in [2.05, 4.69) is 20.4 Å². The van der Waals surface area contributed by atoms with Crippen LogP contribution in [0.1, 0.15) is 31.0 Å². The number of benzene rings is 1. The van der Waals surface area contributed by atoms with Gasteiger partial charge in [-0.15, -0.1) is 0 Å². The van der Waals surface area contributed by atoms with Crippen LogP contribution in [0.4, 0.5) is 8.78 Å². The minimum absolute atomic E-state index is 0.00275. The highest BCUT2D eigenvalue weighted by Gasteiger charge is 2.11. The Hall–Kier alpha value is -3.10. The van der Waals surface area contributed by atoms with Crippen LogP contribution in [0.25, 0.3) is 0 Å². The number of nitrogens with zero attached hydrogens (tertiary/aromatic N) is 2. The minimum Gasteiger partial charge on any atom is -0.497 e. The summed E-state index contributed by atoms with van der Waals surface area (Å²) in [6, 6.07) is 9.88. The van der Waals surface area contributed by atoms with Crippen LogP contribution in [0, 0.1) is 6.92 Å². The second-order valence-electron chi connectivity index (χ2n) is 6.84. The van der Waals surface area contributed by atoms with E-state index in [1.807, 2.05) is 19.9 Å². The van der Waals surface area contributed by atoms with Gasteiger partial charge in [0.1, 0.15) is 11.5 Å². The van der Waals surface area contributed by atoms with Crippen LogP contribution < -0.4 is 25.7 Å². The lowest BCUT2D eigenvalue weighted by Gasteiger charge is -2.14. The summed E-state index contributed by atoms with van der Waals surface area (Å²) in [6.07, 6.45) is 1.67. The van der Waals surface area contributed by atoms with Gasteiger partial charge in [-0.1, -0.05) is 6.07 Å². The summed E-state index contributed by atoms with van der Waals surface area (Å²) in [5, 5.41) is 6.36. The lowest BCUT2D eigenvalue weighted by atomic mass is 10.2. The highest BCUT2D eigenvalue weighted by atomic mass is 19.3. The number of unbranched alkanes of at least 4 members (excludes halogenated alkanes) is 1. The summed E-state index contributed by atoms with van der Waals surface area (Å²) < 4.78 is 36.9. The zero-order chi connectivity index (χ0) is 22.6. The molecule has 0 spiro atoms. The maximum Gasteiger partial charge on any atom is 0.387 e. The van der Waals surface area contributed by atoms with E-state index in [4.69, 9.17) is 4.74 Å². The fraction of sp³-hybridized carbons (Fsp3) is 0.455. The number of aromatic nitrogens is 1. The van der Waals surface area contributed by atoms with Crippen molar-refractivity contribution in [2.45, 2.75) is 46.4 Å². The molecule has 9 heteroatoms. The Morgan fingerprint density at radius 3 is 2.68 bits per heavy atom. The van der Waals surface area contributed by atoms with Gasteiger partial charge in [-0.3, -0.25) is 4.79 Å². The van der Waals surface area contributed by atoms with Crippen LogP contribution in [0.3, 0.4) is 0 Å². The average molecular weight is 437 g/mol. The average Bonchev–Trinajstić information content (AvgIpc) is 2.74. The molecular weight excluding hydrogens is 406 g/mol. The van der Waals surface area contributed by atoms with Crippen LogP contribution in [-0.2, 0) is 13.1 Å². The molecule has 2 rings (SSSR count). The number of alkyl halides is 2. The van der Waals surface area contributed by atoms with Crippen LogP contribution >= 0.6 is 0 Å². The molecule has 170 valence electrons. The maximum absolute atomic E-state index is 12.7. The van der Waals surface area contributed by atoms with Crippen molar-refractivity contribution in [2.75, 3.05) is 20.2 Å². The minimum atomic E-state index is -2.91. The number of methoxy groups -OCH3 is 1. The molecule has 0 saturated heterocycles. The van der Waals surface area contributed by atoms with Crippen molar-refractivity contribution < 1.29 is 18.3 Å². The number of halogens is 2. The van der Waals surface area contributed by atoms with Gasteiger partial charge in [-0.2, -0.15) is 8.78 Å². The summed E-state index contributed by atoms with van der Waals surface area (Å²) in [7, 11) is 1.51. The number of hydrogen-bond donors (Lipinski definition) is 2. The zero-order valence-electron chi connectivity index (χ0n) is 18.2. The van der Waals surface area contributed by atoms with E-state index in [1.165, 1.54) is 13.2 Å². The van der Waals surface area contributed by atoms with Gasteiger partial charge in [0.25, 0.3) is 5.56 Å². The first-order valence-electron chi connectivity index (χ1n) is 10.2. The molecule has 0 saturated carbocycles. The summed E-state index contributed by atoms with van der Waals surface area (Å²) in [6.45, 7) is 3.06. The second-order valence-corrected chi connectivity index (χ2v) is 6.84. The molecule has 0 unspecified atom stereocenters. The van der Waals surface area contributed by atoms with Gasteiger partial charge in [0.05, 0.1) is 13.7 Å². The number of guanidine groups is 1. The molecule has 2 aromatic rings. The standard InChI is InChI=1S/C22H30F2N4O3/c1-4-25-22(26-12-5-6-13-28-16(2)8-7-9-20(28)29)27-15-17-14-18(30-3)10-11-19(17)31-21(23)24/h7-11,14,21H,4-6,12-13,15H2,1-3H3,(H2,25,26,27). The van der Waals surface area contributed by atoms with Crippen molar-refractivity contribution in [3.63, 3.8) is 0 Å². The van der Waals surface area contributed by atoms with Gasteiger partial charge in [-0.05, 0) is 51.0 Å². The fourth-order valence-corrected chi connectivity index (χ4v) is 3.03. The van der Waals surface area contributed by atoms with E-state index in [1.54, 1.807) is 28.8 Å². The topological polar surface area (TPSA) is 76.9 Å². The number of hydrogen-bond acceptors (Lipinski definition) is 4. The summed E-state index contributed by atoms with van der Waals surface area (Å²) in [4.78, 5) is 16.4. The second kappa shape index (κ2) is 12.6. The van der Waals surface area contributed by atoms with Gasteiger partial charge >= 0.3 is 6.61 Å². The highest BCUT2D eigenvalue weighted by molar-refractivity contribution is 5.79. The molecule has 31 heavy (non-hydrogen) atoms. The number of aryl methyl sites for hydroxylation is 1. The molecule has 0 atom stereocenters. The van der Waals surface area contributed by atoms with Crippen LogP contribution in [0.15, 0.2) is 46.2 Å². The smallest absolute Gasteiger partial charge is 0.387 e. The van der Waals surface area contributed by atoms with Crippen molar-refractivity contribution in [1.29, 1.82) is 0 Å². The van der Waals surface area contributed by atoms with Gasteiger partial charge in [-0.25, -0.2) is 4.99 Å². The third kappa shape index (κ3) is 7.92. The molecule has 0 fully saturated rings. The molecule has 1 aromatic carbocycles. The monoisotopic (exact) mass is 436 g/mol. The van der Waals surface area contributed by atoms with E-state index < -0.39 is 6.61 Å². The first-order valence-corrected chi connectivity index (χ1v) is 10.2. The van der Waals surface area contributed by atoms with Crippen LogP contribution in [0.5, 0.6) is 11.5 Å². The lowest BCUT2D eigenvalue weighted by Crippen LogP contribution is -2.37. The molecule has 0 aliphatic heterocycles. The van der Waals surface area contributed by atoms with Gasteiger partial charge in [0.15, 0.2) is 5.96 Å². The molecule has 2 N–H and O–H groups in total. The fourth-order valence-electron chi connectivity index (χ4n) is 3.03. The Balaban J connectivity index is 1.94. The van der Waals surface area contributed by atoms with Crippen LogP contribution in [0.2, 0.25) is 0 Å². The van der Waals surface area contributed by atoms with Gasteiger partial charge in [0.2, 0.25) is 0 Å². The van der Waals surface area contributed by atoms with Gasteiger partial charge < -0.3 is 24.7 Å². The molecule has 0 aliphatic carbocycles. The van der Waals surface area contributed by atoms with Crippen molar-refractivity contribution in [2.24, 2.45) is 4.99 Å². The van der Waals surface area contributed by atoms with Gasteiger partial charge in [0, 0.05) is 37.0 Å². The van der Waals surface area contributed by atoms with Crippen molar-refractivity contribution in [3.8, 4) is 11.5 Å². The predicted molar refractivity (Wildman–Crippen MR) is 117 cm³/mol. The van der Waals surface area contributed by atoms with Crippen molar-refractivity contribution in [3.05, 3.63) is 58.0 Å². The zero-order valence-corrected chi connectivity index (χ0v) is 18.2. The third-order valence-electron chi connectivity index (χ3n) is 4.60. The number of rotatable bonds is 11. The number of aliphatic imine (C=N–C) groups is 1. The summed E-state index contributed by atoms with van der Waals surface area (Å²) in [5.41, 5.74) is 1.44. The molecule has 0 bridgehead atoms. The first kappa shape index (κ1) is 24.2. The number of ether oxygens (including phenoxy) is 2. The maximum atomic E-state index is 12.7. The molecular formula is C22H30F2N4O3. The van der Waals surface area contributed by atoms with Crippen LogP contribution in [-0.4, -0.2) is 37.3 Å². The Bertz CT molecular complexity index is 916. The molecule has 7 nitrogen and oxygen atoms in total. The predicted octanol–water partition coefficient (Wildman–Crippen LogP) is 3.30. The number of pyridine rings is 1. The first-order chi connectivity index (χ1) is 14.9. The lowest BCUT2D eigenvalue weighted by molar-refractivity contribution is -0.0504. The molecule has 0 amide bonds. The SMILES string of the molecule is CCNC(=NCc1cc(OC)ccc1OC(F)F)NCCCCn1c(C)cccc1=O. The Morgan fingerprint density at radius 2 is 2.00 bits per heavy atom. The normalized spacial score (nSPS) is 11.5. The van der Waals surface area contributed by atoms with E-state index in [-0.39, 0.29) is 17.9 Å². The van der Waals surface area contributed by atoms with E-state index in [0.29, 0.717) is 36.9 Å². The summed E-state index contributed by atoms with van der Waals surface area (Å²) in [5.74, 6) is 1.18. The number of nitrogens with one attached hydrogen (secondary N) is 2. The third-order valence-corrected chi connectivity index (χ3v) is 4.60. The van der Waals surface area contributed by atoms with E-state index in [0.717, 1.165) is 18.5 Å². The van der Waals surface area contributed by atoms with E-state index in [9.17, 15) is 13.6 Å². The quantitative estimate of drug-likeness (QED) is 0.321. The Morgan fingerprint density at radius 1 is 1.19 bits per heavy atom.